The molecule has 0 aliphatic carbocycles. The molecule has 0 heterocycles. The molecule has 0 aliphatic rings. The molecule has 0 amide bonds. The fourth-order valence-electron chi connectivity index (χ4n) is 2.83. The summed E-state index contributed by atoms with van der Waals surface area (Å²) in [5.74, 6) is 0. The molecule has 0 aromatic heterocycles. The molecule has 0 spiro atoms. The lowest BCUT2D eigenvalue weighted by Crippen LogP contribution is -2.32. The summed E-state index contributed by atoms with van der Waals surface area (Å²) in [6.07, 6.45) is 4.54. The maximum absolute atomic E-state index is 5.19. The van der Waals surface area contributed by atoms with E-state index in [-0.39, 0.29) is 0 Å². The quantitative estimate of drug-likeness (QED) is 0.698. The molecule has 2 nitrogen and oxygen atoms in total. The van der Waals surface area contributed by atoms with Crippen LogP contribution in [0.15, 0.2) is 42.5 Å². The predicted molar refractivity (Wildman–Crippen MR) is 90.8 cm³/mol. The Balaban J connectivity index is 2.09. The molecule has 2 aromatic carbocycles. The van der Waals surface area contributed by atoms with Crippen LogP contribution in [-0.2, 0) is 11.2 Å². The average molecular weight is 285 g/mol. The van der Waals surface area contributed by atoms with Crippen molar-refractivity contribution in [2.75, 3.05) is 20.3 Å². The topological polar surface area (TPSA) is 21.3 Å². The Labute approximate surface area is 128 Å². The van der Waals surface area contributed by atoms with Gasteiger partial charge in [-0.2, -0.15) is 0 Å². The van der Waals surface area contributed by atoms with Crippen LogP contribution in [0.4, 0.5) is 0 Å². The lowest BCUT2D eigenvalue weighted by Gasteiger charge is -2.19. The van der Waals surface area contributed by atoms with Crippen LogP contribution in [0.1, 0.15) is 31.7 Å². The summed E-state index contributed by atoms with van der Waals surface area (Å²) < 4.78 is 5.19. The van der Waals surface area contributed by atoms with Crippen molar-refractivity contribution in [3.05, 3.63) is 48.0 Å². The third-order valence-corrected chi connectivity index (χ3v) is 3.93. The van der Waals surface area contributed by atoms with Crippen molar-refractivity contribution in [2.24, 2.45) is 0 Å². The molecule has 0 bridgehead atoms. The first-order valence-corrected chi connectivity index (χ1v) is 8.04. The molecule has 114 valence electrons. The minimum Gasteiger partial charge on any atom is -0.385 e. The number of benzene rings is 2. The smallest absolute Gasteiger partial charge is 0.0462 e. The minimum absolute atomic E-state index is 0.533. The Bertz CT molecular complexity index is 533. The van der Waals surface area contributed by atoms with E-state index in [2.05, 4.69) is 54.7 Å². The Hall–Kier alpha value is -1.38. The molecule has 0 radical (unpaired) electrons. The van der Waals surface area contributed by atoms with Gasteiger partial charge in [-0.25, -0.2) is 0 Å². The number of nitrogens with one attached hydrogen (secondary N) is 1. The molecule has 0 fully saturated rings. The van der Waals surface area contributed by atoms with Crippen LogP contribution in [-0.4, -0.2) is 26.3 Å². The van der Waals surface area contributed by atoms with E-state index < -0.39 is 0 Å². The summed E-state index contributed by atoms with van der Waals surface area (Å²) in [5.41, 5.74) is 1.44. The lowest BCUT2D eigenvalue weighted by molar-refractivity contribution is 0.188. The molecular formula is C19H27NO. The minimum atomic E-state index is 0.533. The van der Waals surface area contributed by atoms with Gasteiger partial charge in [0, 0.05) is 19.8 Å². The summed E-state index contributed by atoms with van der Waals surface area (Å²) in [4.78, 5) is 0. The number of rotatable bonds is 9. The van der Waals surface area contributed by atoms with Gasteiger partial charge in [0.2, 0.25) is 0 Å². The van der Waals surface area contributed by atoms with Gasteiger partial charge >= 0.3 is 0 Å². The Morgan fingerprint density at radius 2 is 1.90 bits per heavy atom. The molecule has 0 aliphatic heterocycles. The van der Waals surface area contributed by atoms with E-state index in [1.54, 1.807) is 7.11 Å². The monoisotopic (exact) mass is 285 g/mol. The first-order valence-electron chi connectivity index (χ1n) is 8.04. The third kappa shape index (κ3) is 4.83. The summed E-state index contributed by atoms with van der Waals surface area (Å²) >= 11 is 0. The SMILES string of the molecule is CCCNC(CCCOC)Cc1cccc2ccccc12. The van der Waals surface area contributed by atoms with Crippen LogP contribution < -0.4 is 5.32 Å². The van der Waals surface area contributed by atoms with E-state index in [0.717, 1.165) is 32.4 Å². The van der Waals surface area contributed by atoms with E-state index in [9.17, 15) is 0 Å². The van der Waals surface area contributed by atoms with E-state index >= 15 is 0 Å². The largest absolute Gasteiger partial charge is 0.385 e. The molecule has 2 aromatic rings. The first-order chi connectivity index (χ1) is 10.3. The third-order valence-electron chi connectivity index (χ3n) is 3.93. The number of hydrogen-bond acceptors (Lipinski definition) is 2. The van der Waals surface area contributed by atoms with Crippen molar-refractivity contribution in [3.8, 4) is 0 Å². The number of hydrogen-bond donors (Lipinski definition) is 1. The van der Waals surface area contributed by atoms with Crippen LogP contribution in [0.25, 0.3) is 10.8 Å². The second kappa shape index (κ2) is 8.81. The van der Waals surface area contributed by atoms with E-state index in [4.69, 9.17) is 4.74 Å². The normalized spacial score (nSPS) is 12.7. The second-order valence-electron chi connectivity index (χ2n) is 5.63. The average Bonchev–Trinajstić information content (AvgIpc) is 2.53. The van der Waals surface area contributed by atoms with Gasteiger partial charge in [-0.1, -0.05) is 49.4 Å². The van der Waals surface area contributed by atoms with Crippen molar-refractivity contribution >= 4 is 10.8 Å². The Morgan fingerprint density at radius 3 is 2.71 bits per heavy atom. The molecule has 1 unspecified atom stereocenters. The summed E-state index contributed by atoms with van der Waals surface area (Å²) in [6.45, 7) is 4.15. The fourth-order valence-corrected chi connectivity index (χ4v) is 2.83. The molecule has 0 saturated carbocycles. The Kier molecular flexibility index (Phi) is 6.71. The van der Waals surface area contributed by atoms with Gasteiger partial charge < -0.3 is 10.1 Å². The highest BCUT2D eigenvalue weighted by Crippen LogP contribution is 2.20. The van der Waals surface area contributed by atoms with Crippen molar-refractivity contribution in [2.45, 2.75) is 38.6 Å². The Morgan fingerprint density at radius 1 is 1.10 bits per heavy atom. The summed E-state index contributed by atoms with van der Waals surface area (Å²) in [7, 11) is 1.78. The zero-order valence-electron chi connectivity index (χ0n) is 13.3. The lowest BCUT2D eigenvalue weighted by atomic mass is 9.96. The summed E-state index contributed by atoms with van der Waals surface area (Å²) in [6, 6.07) is 15.8. The standard InChI is InChI=1S/C19H27NO/c1-3-13-20-18(11-7-14-21-2)15-17-10-6-9-16-8-4-5-12-19(16)17/h4-6,8-10,12,18,20H,3,7,11,13-15H2,1-2H3. The fraction of sp³-hybridized carbons (Fsp3) is 0.474. The van der Waals surface area contributed by atoms with Gasteiger partial charge in [0.15, 0.2) is 0 Å². The van der Waals surface area contributed by atoms with Gasteiger partial charge in [-0.05, 0) is 48.6 Å². The van der Waals surface area contributed by atoms with Gasteiger partial charge in [0.1, 0.15) is 0 Å². The van der Waals surface area contributed by atoms with Crippen LogP contribution in [0.2, 0.25) is 0 Å². The van der Waals surface area contributed by atoms with Crippen molar-refractivity contribution < 1.29 is 4.74 Å². The molecule has 1 atom stereocenters. The highest BCUT2D eigenvalue weighted by molar-refractivity contribution is 5.85. The maximum Gasteiger partial charge on any atom is 0.0462 e. The van der Waals surface area contributed by atoms with Gasteiger partial charge in [0.05, 0.1) is 0 Å². The first kappa shape index (κ1) is 16.0. The molecule has 2 rings (SSSR count). The molecule has 1 N–H and O–H groups in total. The van der Waals surface area contributed by atoms with E-state index in [1.165, 1.54) is 22.8 Å². The highest BCUT2D eigenvalue weighted by Gasteiger charge is 2.10. The molecule has 0 saturated heterocycles. The molecule has 2 heteroatoms. The second-order valence-corrected chi connectivity index (χ2v) is 5.63. The zero-order valence-corrected chi connectivity index (χ0v) is 13.3. The highest BCUT2D eigenvalue weighted by atomic mass is 16.5. The van der Waals surface area contributed by atoms with Gasteiger partial charge in [-0.3, -0.25) is 0 Å². The van der Waals surface area contributed by atoms with Crippen LogP contribution >= 0.6 is 0 Å². The van der Waals surface area contributed by atoms with Crippen molar-refractivity contribution in [1.82, 2.24) is 5.32 Å². The van der Waals surface area contributed by atoms with Crippen molar-refractivity contribution in [3.63, 3.8) is 0 Å². The maximum atomic E-state index is 5.19. The summed E-state index contributed by atoms with van der Waals surface area (Å²) in [5, 5.41) is 6.40. The molecular weight excluding hydrogens is 258 g/mol. The number of ether oxygens (including phenoxy) is 1. The van der Waals surface area contributed by atoms with E-state index in [1.807, 2.05) is 0 Å². The van der Waals surface area contributed by atoms with Gasteiger partial charge in [0.25, 0.3) is 0 Å². The zero-order chi connectivity index (χ0) is 14.9. The predicted octanol–water partition coefficient (Wildman–Crippen LogP) is 4.18. The van der Waals surface area contributed by atoms with Crippen LogP contribution in [0, 0.1) is 0 Å². The van der Waals surface area contributed by atoms with Crippen LogP contribution in [0.3, 0.4) is 0 Å². The number of methoxy groups -OCH3 is 1. The number of fused-ring (bicyclic) bond motifs is 1. The van der Waals surface area contributed by atoms with Crippen LogP contribution in [0.5, 0.6) is 0 Å². The molecule has 21 heavy (non-hydrogen) atoms. The van der Waals surface area contributed by atoms with Crippen molar-refractivity contribution in [1.29, 1.82) is 0 Å². The van der Waals surface area contributed by atoms with Gasteiger partial charge in [-0.15, -0.1) is 0 Å². The van der Waals surface area contributed by atoms with E-state index in [0.29, 0.717) is 6.04 Å².